The molecule has 1 saturated heterocycles. The number of piperidine rings is 1. The molecule has 0 bridgehead atoms. The van der Waals surface area contributed by atoms with Gasteiger partial charge in [-0.05, 0) is 32.6 Å². The van der Waals surface area contributed by atoms with Crippen LogP contribution in [-0.2, 0) is 14.8 Å². The van der Waals surface area contributed by atoms with Crippen LogP contribution in [0, 0.1) is 5.92 Å². The number of carbonyl (C=O) groups is 1. The van der Waals surface area contributed by atoms with E-state index in [0.29, 0.717) is 25.9 Å². The van der Waals surface area contributed by atoms with Gasteiger partial charge in [-0.15, -0.1) is 0 Å². The Hall–Kier alpha value is -0.660. The number of nitrogens with two attached hydrogens (primary N) is 1. The van der Waals surface area contributed by atoms with Gasteiger partial charge < -0.3 is 11.1 Å². The second-order valence-electron chi connectivity index (χ2n) is 5.85. The van der Waals surface area contributed by atoms with Crippen LogP contribution in [0.2, 0.25) is 0 Å². The van der Waals surface area contributed by atoms with Gasteiger partial charge in [-0.1, -0.05) is 13.8 Å². The van der Waals surface area contributed by atoms with Gasteiger partial charge in [0.1, 0.15) is 0 Å². The molecule has 0 aromatic heterocycles. The molecule has 7 heteroatoms. The maximum Gasteiger partial charge on any atom is 0.234 e. The SMILES string of the molecule is CC[C@H](N[C@H]1CCN(S(=O)(=O)C(C)C)C[C@H]1C)C(N)=O. The molecule has 1 amide bonds. The number of carbonyl (C=O) groups excluding carboxylic acids is 1. The molecular formula is C13H27N3O3S. The average Bonchev–Trinajstić information content (AvgIpc) is 2.36. The van der Waals surface area contributed by atoms with Gasteiger partial charge in [-0.25, -0.2) is 12.7 Å². The second-order valence-corrected chi connectivity index (χ2v) is 8.34. The number of hydrogen-bond acceptors (Lipinski definition) is 4. The Balaban J connectivity index is 2.67. The van der Waals surface area contributed by atoms with Crippen molar-refractivity contribution in [2.24, 2.45) is 11.7 Å². The molecule has 1 aliphatic rings. The van der Waals surface area contributed by atoms with Crippen LogP contribution in [0.25, 0.3) is 0 Å². The Labute approximate surface area is 122 Å². The number of nitrogens with one attached hydrogen (secondary N) is 1. The smallest absolute Gasteiger partial charge is 0.234 e. The van der Waals surface area contributed by atoms with Gasteiger partial charge in [0, 0.05) is 19.1 Å². The molecule has 0 saturated carbocycles. The minimum atomic E-state index is -3.19. The van der Waals surface area contributed by atoms with Crippen LogP contribution >= 0.6 is 0 Å². The summed E-state index contributed by atoms with van der Waals surface area (Å²) in [6.45, 7) is 8.30. The van der Waals surface area contributed by atoms with Crippen LogP contribution in [0.5, 0.6) is 0 Å². The van der Waals surface area contributed by atoms with Gasteiger partial charge in [0.2, 0.25) is 15.9 Å². The third-order valence-corrected chi connectivity index (χ3v) is 6.23. The average molecular weight is 305 g/mol. The molecule has 1 aliphatic heterocycles. The molecule has 0 aromatic carbocycles. The zero-order valence-corrected chi connectivity index (χ0v) is 13.6. The molecule has 6 nitrogen and oxygen atoms in total. The quantitative estimate of drug-likeness (QED) is 0.737. The summed E-state index contributed by atoms with van der Waals surface area (Å²) >= 11 is 0. The van der Waals surface area contributed by atoms with E-state index in [0.717, 1.165) is 0 Å². The predicted molar refractivity (Wildman–Crippen MR) is 79.6 cm³/mol. The van der Waals surface area contributed by atoms with Crippen molar-refractivity contribution in [1.82, 2.24) is 9.62 Å². The molecule has 118 valence electrons. The molecule has 0 radical (unpaired) electrons. The number of rotatable bonds is 6. The van der Waals surface area contributed by atoms with E-state index in [-0.39, 0.29) is 23.9 Å². The fraction of sp³-hybridized carbons (Fsp3) is 0.923. The Kier molecular flexibility index (Phi) is 5.97. The van der Waals surface area contributed by atoms with Gasteiger partial charge in [0.15, 0.2) is 0 Å². The molecule has 3 atom stereocenters. The topological polar surface area (TPSA) is 92.5 Å². The van der Waals surface area contributed by atoms with Crippen LogP contribution < -0.4 is 11.1 Å². The lowest BCUT2D eigenvalue weighted by Crippen LogP contribution is -2.55. The lowest BCUT2D eigenvalue weighted by atomic mass is 9.94. The van der Waals surface area contributed by atoms with Gasteiger partial charge in [-0.2, -0.15) is 0 Å². The first-order valence-corrected chi connectivity index (χ1v) is 8.74. The van der Waals surface area contributed by atoms with E-state index >= 15 is 0 Å². The van der Waals surface area contributed by atoms with E-state index in [1.54, 1.807) is 18.2 Å². The molecule has 0 aliphatic carbocycles. The monoisotopic (exact) mass is 305 g/mol. The highest BCUT2D eigenvalue weighted by Gasteiger charge is 2.35. The summed E-state index contributed by atoms with van der Waals surface area (Å²) in [6, 6.07) is -0.207. The van der Waals surface area contributed by atoms with E-state index in [2.05, 4.69) is 5.32 Å². The standard InChI is InChI=1S/C13H27N3O3S/c1-5-11(13(14)17)15-12-6-7-16(8-10(12)4)20(18,19)9(2)3/h9-12,15H,5-8H2,1-4H3,(H2,14,17)/t10-,11+,12+/m1/s1. The summed E-state index contributed by atoms with van der Waals surface area (Å²) in [4.78, 5) is 11.3. The fourth-order valence-electron chi connectivity index (χ4n) is 2.54. The maximum atomic E-state index is 12.2. The Morgan fingerprint density at radius 3 is 2.45 bits per heavy atom. The molecule has 0 aromatic rings. The third-order valence-electron chi connectivity index (χ3n) is 3.99. The number of primary amides is 1. The zero-order valence-electron chi connectivity index (χ0n) is 12.8. The van der Waals surface area contributed by atoms with Crippen molar-refractivity contribution in [3.05, 3.63) is 0 Å². The molecule has 1 heterocycles. The molecular weight excluding hydrogens is 278 g/mol. The first-order chi connectivity index (χ1) is 9.20. The van der Waals surface area contributed by atoms with E-state index in [4.69, 9.17) is 5.73 Å². The summed E-state index contributed by atoms with van der Waals surface area (Å²) in [6.07, 6.45) is 1.35. The van der Waals surface area contributed by atoms with Crippen LogP contribution in [0.1, 0.15) is 40.5 Å². The number of nitrogens with zero attached hydrogens (tertiary/aromatic N) is 1. The van der Waals surface area contributed by atoms with E-state index in [1.807, 2.05) is 13.8 Å². The fourth-order valence-corrected chi connectivity index (χ4v) is 3.94. The molecule has 1 rings (SSSR count). The molecule has 1 fully saturated rings. The van der Waals surface area contributed by atoms with Gasteiger partial charge in [-0.3, -0.25) is 4.79 Å². The summed E-state index contributed by atoms with van der Waals surface area (Å²) in [5, 5.41) is 2.86. The van der Waals surface area contributed by atoms with E-state index in [9.17, 15) is 13.2 Å². The van der Waals surface area contributed by atoms with Crippen LogP contribution in [0.4, 0.5) is 0 Å². The van der Waals surface area contributed by atoms with Crippen LogP contribution in [-0.4, -0.2) is 49.1 Å². The molecule has 20 heavy (non-hydrogen) atoms. The van der Waals surface area contributed by atoms with Crippen molar-refractivity contribution in [1.29, 1.82) is 0 Å². The zero-order chi connectivity index (χ0) is 15.5. The lowest BCUT2D eigenvalue weighted by Gasteiger charge is -2.38. The highest BCUT2D eigenvalue weighted by atomic mass is 32.2. The molecule has 0 spiro atoms. The van der Waals surface area contributed by atoms with Crippen LogP contribution in [0.15, 0.2) is 0 Å². The van der Waals surface area contributed by atoms with Crippen molar-refractivity contribution in [2.45, 2.75) is 57.9 Å². The van der Waals surface area contributed by atoms with Crippen molar-refractivity contribution in [3.8, 4) is 0 Å². The van der Waals surface area contributed by atoms with Crippen LogP contribution in [0.3, 0.4) is 0 Å². The normalized spacial score (nSPS) is 26.6. The molecule has 0 unspecified atom stereocenters. The van der Waals surface area contributed by atoms with Crippen molar-refractivity contribution in [3.63, 3.8) is 0 Å². The van der Waals surface area contributed by atoms with Crippen molar-refractivity contribution in [2.75, 3.05) is 13.1 Å². The maximum absolute atomic E-state index is 12.2. The Bertz CT molecular complexity index is 436. The minimum absolute atomic E-state index is 0.131. The lowest BCUT2D eigenvalue weighted by molar-refractivity contribution is -0.120. The van der Waals surface area contributed by atoms with E-state index in [1.165, 1.54) is 0 Å². The molecule has 3 N–H and O–H groups in total. The first kappa shape index (κ1) is 17.4. The van der Waals surface area contributed by atoms with Gasteiger partial charge in [0.25, 0.3) is 0 Å². The number of hydrogen-bond donors (Lipinski definition) is 2. The predicted octanol–water partition coefficient (Wildman–Crippen LogP) is 0.289. The highest BCUT2D eigenvalue weighted by Crippen LogP contribution is 2.22. The summed E-state index contributed by atoms with van der Waals surface area (Å²) in [5.41, 5.74) is 5.34. The largest absolute Gasteiger partial charge is 0.368 e. The van der Waals surface area contributed by atoms with E-state index < -0.39 is 15.3 Å². The second kappa shape index (κ2) is 6.87. The third kappa shape index (κ3) is 3.93. The number of sulfonamides is 1. The Morgan fingerprint density at radius 1 is 1.45 bits per heavy atom. The first-order valence-electron chi connectivity index (χ1n) is 7.24. The van der Waals surface area contributed by atoms with Crippen molar-refractivity contribution >= 4 is 15.9 Å². The minimum Gasteiger partial charge on any atom is -0.368 e. The van der Waals surface area contributed by atoms with Gasteiger partial charge >= 0.3 is 0 Å². The summed E-state index contributed by atoms with van der Waals surface area (Å²) < 4.78 is 25.9. The van der Waals surface area contributed by atoms with Crippen molar-refractivity contribution < 1.29 is 13.2 Å². The highest BCUT2D eigenvalue weighted by molar-refractivity contribution is 7.89. The number of amides is 1. The summed E-state index contributed by atoms with van der Waals surface area (Å²) in [7, 11) is -3.19. The Morgan fingerprint density at radius 2 is 2.05 bits per heavy atom. The van der Waals surface area contributed by atoms with Gasteiger partial charge in [0.05, 0.1) is 11.3 Å². The summed E-state index contributed by atoms with van der Waals surface area (Å²) in [5.74, 6) is -0.192.